The third kappa shape index (κ3) is 7.66. The fourth-order valence-electron chi connectivity index (χ4n) is 2.81. The first-order valence-electron chi connectivity index (χ1n) is 9.05. The van der Waals surface area contributed by atoms with Gasteiger partial charge in [0.25, 0.3) is 0 Å². The first kappa shape index (κ1) is 18.2. The SMILES string of the molecule is CCCCCCCC(Cc1nccn1CCC)NCCC. The highest BCUT2D eigenvalue weighted by atomic mass is 15.1. The molecule has 0 radical (unpaired) electrons. The Kier molecular flexibility index (Phi) is 10.2. The molecule has 1 rings (SSSR count). The molecule has 1 N–H and O–H groups in total. The summed E-state index contributed by atoms with van der Waals surface area (Å²) in [5.74, 6) is 1.25. The minimum atomic E-state index is 0.588. The summed E-state index contributed by atoms with van der Waals surface area (Å²) >= 11 is 0. The number of unbranched alkanes of at least 4 members (excludes halogenated alkanes) is 4. The van der Waals surface area contributed by atoms with Gasteiger partial charge in [0.05, 0.1) is 0 Å². The largest absolute Gasteiger partial charge is 0.335 e. The van der Waals surface area contributed by atoms with E-state index in [0.717, 1.165) is 19.5 Å². The number of nitrogens with one attached hydrogen (secondary N) is 1. The first-order chi connectivity index (χ1) is 10.3. The van der Waals surface area contributed by atoms with E-state index in [-0.39, 0.29) is 0 Å². The third-order valence-corrected chi connectivity index (χ3v) is 4.03. The van der Waals surface area contributed by atoms with Gasteiger partial charge in [-0.05, 0) is 25.8 Å². The molecule has 0 aliphatic carbocycles. The molecule has 0 amide bonds. The van der Waals surface area contributed by atoms with E-state index in [0.29, 0.717) is 6.04 Å². The Balaban J connectivity index is 2.42. The number of hydrogen-bond acceptors (Lipinski definition) is 2. The van der Waals surface area contributed by atoms with Crippen LogP contribution in [0, 0.1) is 0 Å². The Morgan fingerprint density at radius 3 is 2.57 bits per heavy atom. The molecule has 0 saturated heterocycles. The van der Waals surface area contributed by atoms with Crippen LogP contribution in [-0.2, 0) is 13.0 Å². The van der Waals surface area contributed by atoms with Gasteiger partial charge in [-0.15, -0.1) is 0 Å². The Hall–Kier alpha value is -0.830. The average Bonchev–Trinajstić information content (AvgIpc) is 2.92. The van der Waals surface area contributed by atoms with Gasteiger partial charge in [-0.3, -0.25) is 0 Å². The third-order valence-electron chi connectivity index (χ3n) is 4.03. The van der Waals surface area contributed by atoms with Crippen LogP contribution < -0.4 is 5.32 Å². The zero-order chi connectivity index (χ0) is 15.3. The van der Waals surface area contributed by atoms with Crippen LogP contribution in [-0.4, -0.2) is 22.1 Å². The number of imidazole rings is 1. The predicted molar refractivity (Wildman–Crippen MR) is 91.7 cm³/mol. The minimum Gasteiger partial charge on any atom is -0.335 e. The lowest BCUT2D eigenvalue weighted by atomic mass is 10.0. The van der Waals surface area contributed by atoms with E-state index in [2.05, 4.69) is 41.8 Å². The second kappa shape index (κ2) is 11.8. The minimum absolute atomic E-state index is 0.588. The normalized spacial score (nSPS) is 12.7. The van der Waals surface area contributed by atoms with Crippen LogP contribution in [0.5, 0.6) is 0 Å². The van der Waals surface area contributed by atoms with Crippen molar-refractivity contribution in [2.24, 2.45) is 0 Å². The topological polar surface area (TPSA) is 29.9 Å². The second-order valence-electron chi connectivity index (χ2n) is 6.09. The molecule has 1 aromatic heterocycles. The van der Waals surface area contributed by atoms with Gasteiger partial charge in [-0.2, -0.15) is 0 Å². The van der Waals surface area contributed by atoms with Gasteiger partial charge in [0.1, 0.15) is 5.82 Å². The van der Waals surface area contributed by atoms with Gasteiger partial charge in [0.15, 0.2) is 0 Å². The van der Waals surface area contributed by atoms with E-state index >= 15 is 0 Å². The van der Waals surface area contributed by atoms with E-state index in [1.165, 1.54) is 57.2 Å². The molecule has 1 atom stereocenters. The standard InChI is InChI=1S/C18H35N3/c1-4-7-8-9-10-11-17(19-12-5-2)16-18-20-13-15-21(18)14-6-3/h13,15,17,19H,4-12,14,16H2,1-3H3. The van der Waals surface area contributed by atoms with Crippen molar-refractivity contribution in [3.63, 3.8) is 0 Å². The molecule has 0 fully saturated rings. The summed E-state index contributed by atoms with van der Waals surface area (Å²) in [6.45, 7) is 8.95. The lowest BCUT2D eigenvalue weighted by Gasteiger charge is -2.19. The second-order valence-corrected chi connectivity index (χ2v) is 6.09. The summed E-state index contributed by atoms with van der Waals surface area (Å²) in [4.78, 5) is 4.56. The highest BCUT2D eigenvalue weighted by molar-refractivity contribution is 4.95. The molecule has 0 aromatic carbocycles. The van der Waals surface area contributed by atoms with Crippen LogP contribution in [0.15, 0.2) is 12.4 Å². The molecule has 0 aliphatic heterocycles. The molecule has 0 saturated carbocycles. The Morgan fingerprint density at radius 1 is 1.05 bits per heavy atom. The van der Waals surface area contributed by atoms with Crippen LogP contribution in [0.3, 0.4) is 0 Å². The quantitative estimate of drug-likeness (QED) is 0.540. The van der Waals surface area contributed by atoms with Crippen molar-refractivity contribution in [1.82, 2.24) is 14.9 Å². The Bertz CT molecular complexity index is 346. The fourth-order valence-corrected chi connectivity index (χ4v) is 2.81. The monoisotopic (exact) mass is 293 g/mol. The van der Waals surface area contributed by atoms with Crippen molar-refractivity contribution < 1.29 is 0 Å². The van der Waals surface area contributed by atoms with Crippen LogP contribution in [0.4, 0.5) is 0 Å². The number of aryl methyl sites for hydroxylation is 1. The van der Waals surface area contributed by atoms with Gasteiger partial charge < -0.3 is 9.88 Å². The number of aromatic nitrogens is 2. The van der Waals surface area contributed by atoms with Crippen molar-refractivity contribution >= 4 is 0 Å². The van der Waals surface area contributed by atoms with Gasteiger partial charge in [0.2, 0.25) is 0 Å². The zero-order valence-electron chi connectivity index (χ0n) is 14.4. The fraction of sp³-hybridized carbons (Fsp3) is 0.833. The summed E-state index contributed by atoms with van der Waals surface area (Å²) < 4.78 is 2.32. The maximum atomic E-state index is 4.56. The van der Waals surface area contributed by atoms with Crippen molar-refractivity contribution in [3.05, 3.63) is 18.2 Å². The number of nitrogens with zero attached hydrogens (tertiary/aromatic N) is 2. The van der Waals surface area contributed by atoms with Crippen molar-refractivity contribution in [2.75, 3.05) is 6.54 Å². The van der Waals surface area contributed by atoms with Gasteiger partial charge in [0, 0.05) is 31.4 Å². The van der Waals surface area contributed by atoms with E-state index in [4.69, 9.17) is 0 Å². The van der Waals surface area contributed by atoms with Gasteiger partial charge in [-0.1, -0.05) is 52.9 Å². The molecule has 0 bridgehead atoms. The van der Waals surface area contributed by atoms with Crippen molar-refractivity contribution in [1.29, 1.82) is 0 Å². The molecule has 1 heterocycles. The van der Waals surface area contributed by atoms with Crippen LogP contribution in [0.25, 0.3) is 0 Å². The molecule has 0 aliphatic rings. The predicted octanol–water partition coefficient (Wildman–Crippen LogP) is 4.56. The molecule has 21 heavy (non-hydrogen) atoms. The number of hydrogen-bond donors (Lipinski definition) is 1. The van der Waals surface area contributed by atoms with Crippen molar-refractivity contribution in [2.45, 2.75) is 91.1 Å². The maximum absolute atomic E-state index is 4.56. The molecular weight excluding hydrogens is 258 g/mol. The van der Waals surface area contributed by atoms with Crippen molar-refractivity contribution in [3.8, 4) is 0 Å². The summed E-state index contributed by atoms with van der Waals surface area (Å²) in [6, 6.07) is 0.588. The molecule has 1 unspecified atom stereocenters. The summed E-state index contributed by atoms with van der Waals surface area (Å²) in [5.41, 5.74) is 0. The van der Waals surface area contributed by atoms with E-state index in [1.807, 2.05) is 6.20 Å². The van der Waals surface area contributed by atoms with E-state index in [9.17, 15) is 0 Å². The highest BCUT2D eigenvalue weighted by Crippen LogP contribution is 2.11. The lowest BCUT2D eigenvalue weighted by molar-refractivity contribution is 0.437. The molecule has 122 valence electrons. The first-order valence-corrected chi connectivity index (χ1v) is 9.05. The molecule has 0 spiro atoms. The van der Waals surface area contributed by atoms with Crippen LogP contribution >= 0.6 is 0 Å². The molecule has 3 heteroatoms. The molecule has 1 aromatic rings. The smallest absolute Gasteiger partial charge is 0.110 e. The average molecular weight is 293 g/mol. The molecular formula is C18H35N3. The Morgan fingerprint density at radius 2 is 1.86 bits per heavy atom. The highest BCUT2D eigenvalue weighted by Gasteiger charge is 2.12. The summed E-state index contributed by atoms with van der Waals surface area (Å²) in [7, 11) is 0. The maximum Gasteiger partial charge on any atom is 0.110 e. The Labute approximate surface area is 131 Å². The zero-order valence-corrected chi connectivity index (χ0v) is 14.4. The van der Waals surface area contributed by atoms with Gasteiger partial charge >= 0.3 is 0 Å². The van der Waals surface area contributed by atoms with E-state index < -0.39 is 0 Å². The lowest BCUT2D eigenvalue weighted by Crippen LogP contribution is -2.32. The summed E-state index contributed by atoms with van der Waals surface area (Å²) in [6.07, 6.45) is 15.6. The molecule has 3 nitrogen and oxygen atoms in total. The van der Waals surface area contributed by atoms with Crippen LogP contribution in [0.1, 0.15) is 78.0 Å². The van der Waals surface area contributed by atoms with E-state index in [1.54, 1.807) is 0 Å². The number of rotatable bonds is 13. The summed E-state index contributed by atoms with van der Waals surface area (Å²) in [5, 5.41) is 3.71. The van der Waals surface area contributed by atoms with Crippen LogP contribution in [0.2, 0.25) is 0 Å². The van der Waals surface area contributed by atoms with Gasteiger partial charge in [-0.25, -0.2) is 4.98 Å².